The van der Waals surface area contributed by atoms with Crippen LogP contribution in [0.3, 0.4) is 0 Å². The van der Waals surface area contributed by atoms with Gasteiger partial charge in [-0.2, -0.15) is 0 Å². The minimum atomic E-state index is -1.17. The SMILES string of the molecule is C[C@@]1(c2ccccc2)NC(=O)N(CC(=O)Nc2ccc(N3CCCCC3)cc2)C1=O. The molecule has 2 aliphatic heterocycles. The van der Waals surface area contributed by atoms with Crippen molar-refractivity contribution in [2.24, 2.45) is 0 Å². The van der Waals surface area contributed by atoms with Crippen LogP contribution in [0.15, 0.2) is 54.6 Å². The van der Waals surface area contributed by atoms with Crippen molar-refractivity contribution in [1.29, 1.82) is 0 Å². The van der Waals surface area contributed by atoms with Gasteiger partial charge in [0.05, 0.1) is 0 Å². The first-order valence-electron chi connectivity index (χ1n) is 10.3. The Hall–Kier alpha value is -3.35. The van der Waals surface area contributed by atoms with E-state index in [9.17, 15) is 14.4 Å². The summed E-state index contributed by atoms with van der Waals surface area (Å²) < 4.78 is 0. The first kappa shape index (κ1) is 19.9. The van der Waals surface area contributed by atoms with Gasteiger partial charge in [-0.3, -0.25) is 14.5 Å². The number of carbonyl (C=O) groups is 3. The molecule has 2 N–H and O–H groups in total. The first-order valence-corrected chi connectivity index (χ1v) is 10.3. The molecular weight excluding hydrogens is 380 g/mol. The molecule has 30 heavy (non-hydrogen) atoms. The number of imide groups is 1. The highest BCUT2D eigenvalue weighted by molar-refractivity contribution is 6.10. The fraction of sp³-hybridized carbons (Fsp3) is 0.348. The molecule has 2 aliphatic rings. The molecule has 4 amide bonds. The predicted molar refractivity (Wildman–Crippen MR) is 115 cm³/mol. The minimum absolute atomic E-state index is 0.332. The van der Waals surface area contributed by atoms with E-state index in [0.29, 0.717) is 11.3 Å². The van der Waals surface area contributed by atoms with Crippen LogP contribution in [-0.4, -0.2) is 42.4 Å². The minimum Gasteiger partial charge on any atom is -0.372 e. The average Bonchev–Trinajstić information content (AvgIpc) is 2.99. The maximum absolute atomic E-state index is 12.9. The molecule has 0 unspecified atom stereocenters. The molecule has 4 rings (SSSR count). The number of anilines is 2. The van der Waals surface area contributed by atoms with E-state index in [1.165, 1.54) is 19.3 Å². The summed E-state index contributed by atoms with van der Waals surface area (Å²) in [6.07, 6.45) is 3.68. The zero-order chi connectivity index (χ0) is 21.1. The topological polar surface area (TPSA) is 81.8 Å². The van der Waals surface area contributed by atoms with Crippen LogP contribution in [0.2, 0.25) is 0 Å². The number of nitrogens with zero attached hydrogens (tertiary/aromatic N) is 2. The standard InChI is InChI=1S/C23H26N4O3/c1-23(17-8-4-2-5-9-17)21(29)27(22(30)25-23)16-20(28)24-18-10-12-19(13-11-18)26-14-6-3-7-15-26/h2,4-5,8-13H,3,6-7,14-16H2,1H3,(H,24,28)(H,25,30)/t23-/m0/s1. The molecule has 7 heteroatoms. The Morgan fingerprint density at radius 2 is 1.67 bits per heavy atom. The molecule has 0 radical (unpaired) electrons. The van der Waals surface area contributed by atoms with Gasteiger partial charge in [0, 0.05) is 24.5 Å². The second kappa shape index (κ2) is 8.18. The molecule has 0 spiro atoms. The highest BCUT2D eigenvalue weighted by atomic mass is 16.2. The Kier molecular flexibility index (Phi) is 5.44. The number of benzene rings is 2. The second-order valence-electron chi connectivity index (χ2n) is 7.96. The van der Waals surface area contributed by atoms with Crippen LogP contribution in [0.25, 0.3) is 0 Å². The van der Waals surface area contributed by atoms with Crippen molar-refractivity contribution in [3.8, 4) is 0 Å². The molecule has 2 heterocycles. The molecule has 0 aromatic heterocycles. The molecule has 2 saturated heterocycles. The lowest BCUT2D eigenvalue weighted by Gasteiger charge is -2.28. The number of hydrogen-bond acceptors (Lipinski definition) is 4. The molecule has 2 fully saturated rings. The molecule has 1 atom stereocenters. The van der Waals surface area contributed by atoms with Crippen LogP contribution in [0.4, 0.5) is 16.2 Å². The van der Waals surface area contributed by atoms with Gasteiger partial charge in [-0.1, -0.05) is 30.3 Å². The van der Waals surface area contributed by atoms with Crippen molar-refractivity contribution in [3.05, 3.63) is 60.2 Å². The number of piperidine rings is 1. The highest BCUT2D eigenvalue weighted by Gasteiger charge is 2.49. The number of amides is 4. The van der Waals surface area contributed by atoms with Gasteiger partial charge >= 0.3 is 6.03 Å². The largest absolute Gasteiger partial charge is 0.372 e. The van der Waals surface area contributed by atoms with Crippen molar-refractivity contribution in [2.75, 3.05) is 29.9 Å². The Bertz CT molecular complexity index is 939. The highest BCUT2D eigenvalue weighted by Crippen LogP contribution is 2.28. The second-order valence-corrected chi connectivity index (χ2v) is 7.96. The quantitative estimate of drug-likeness (QED) is 0.748. The smallest absolute Gasteiger partial charge is 0.325 e. The van der Waals surface area contributed by atoms with Gasteiger partial charge in [0.1, 0.15) is 12.1 Å². The van der Waals surface area contributed by atoms with Crippen LogP contribution in [0, 0.1) is 0 Å². The zero-order valence-corrected chi connectivity index (χ0v) is 17.1. The molecule has 156 valence electrons. The van der Waals surface area contributed by atoms with E-state index in [2.05, 4.69) is 15.5 Å². The molecule has 0 bridgehead atoms. The number of carbonyl (C=O) groups excluding carboxylic acids is 3. The fourth-order valence-corrected chi connectivity index (χ4v) is 4.06. The molecule has 0 saturated carbocycles. The molecule has 7 nitrogen and oxygen atoms in total. The van der Waals surface area contributed by atoms with Gasteiger partial charge in [-0.05, 0) is 56.0 Å². The lowest BCUT2D eigenvalue weighted by atomic mass is 9.92. The van der Waals surface area contributed by atoms with Crippen molar-refractivity contribution in [3.63, 3.8) is 0 Å². The summed E-state index contributed by atoms with van der Waals surface area (Å²) in [7, 11) is 0. The molecular formula is C23H26N4O3. The maximum Gasteiger partial charge on any atom is 0.325 e. The van der Waals surface area contributed by atoms with Crippen molar-refractivity contribution in [1.82, 2.24) is 10.2 Å². The van der Waals surface area contributed by atoms with E-state index in [-0.39, 0.29) is 6.54 Å². The van der Waals surface area contributed by atoms with Crippen LogP contribution >= 0.6 is 0 Å². The van der Waals surface area contributed by atoms with E-state index in [0.717, 1.165) is 23.7 Å². The summed E-state index contributed by atoms with van der Waals surface area (Å²) in [5.41, 5.74) is 1.29. The summed E-state index contributed by atoms with van der Waals surface area (Å²) in [5, 5.41) is 5.49. The zero-order valence-electron chi connectivity index (χ0n) is 17.1. The van der Waals surface area contributed by atoms with Gasteiger partial charge in [-0.15, -0.1) is 0 Å². The number of rotatable bonds is 5. The monoisotopic (exact) mass is 406 g/mol. The third kappa shape index (κ3) is 3.87. The third-order valence-electron chi connectivity index (χ3n) is 5.80. The van der Waals surface area contributed by atoms with E-state index in [4.69, 9.17) is 0 Å². The van der Waals surface area contributed by atoms with Crippen LogP contribution in [-0.2, 0) is 15.1 Å². The van der Waals surface area contributed by atoms with E-state index in [1.807, 2.05) is 42.5 Å². The van der Waals surface area contributed by atoms with Gasteiger partial charge in [0.25, 0.3) is 5.91 Å². The summed E-state index contributed by atoms with van der Waals surface area (Å²) in [6, 6.07) is 16.1. The number of nitrogens with one attached hydrogen (secondary N) is 2. The average molecular weight is 406 g/mol. The maximum atomic E-state index is 12.9. The Morgan fingerprint density at radius 1 is 1.00 bits per heavy atom. The van der Waals surface area contributed by atoms with Gasteiger partial charge in [-0.25, -0.2) is 4.79 Å². The van der Waals surface area contributed by atoms with Crippen LogP contribution < -0.4 is 15.5 Å². The summed E-state index contributed by atoms with van der Waals surface area (Å²) >= 11 is 0. The number of urea groups is 1. The summed E-state index contributed by atoms with van der Waals surface area (Å²) in [6.45, 7) is 3.43. The lowest BCUT2D eigenvalue weighted by Crippen LogP contribution is -2.42. The van der Waals surface area contributed by atoms with Crippen molar-refractivity contribution in [2.45, 2.75) is 31.7 Å². The van der Waals surface area contributed by atoms with Gasteiger partial charge in [0.15, 0.2) is 0 Å². The lowest BCUT2D eigenvalue weighted by molar-refractivity contribution is -0.133. The van der Waals surface area contributed by atoms with E-state index >= 15 is 0 Å². The molecule has 0 aliphatic carbocycles. The predicted octanol–water partition coefficient (Wildman–Crippen LogP) is 3.08. The van der Waals surface area contributed by atoms with Crippen molar-refractivity contribution < 1.29 is 14.4 Å². The summed E-state index contributed by atoms with van der Waals surface area (Å²) in [5.74, 6) is -0.851. The van der Waals surface area contributed by atoms with Gasteiger partial charge < -0.3 is 15.5 Å². The molecule has 2 aromatic rings. The first-order chi connectivity index (χ1) is 14.5. The Morgan fingerprint density at radius 3 is 2.33 bits per heavy atom. The van der Waals surface area contributed by atoms with Crippen molar-refractivity contribution >= 4 is 29.2 Å². The van der Waals surface area contributed by atoms with Crippen LogP contribution in [0.5, 0.6) is 0 Å². The van der Waals surface area contributed by atoms with E-state index < -0.39 is 23.4 Å². The summed E-state index contributed by atoms with van der Waals surface area (Å²) in [4.78, 5) is 41.1. The van der Waals surface area contributed by atoms with Gasteiger partial charge in [0.2, 0.25) is 5.91 Å². The molecule has 2 aromatic carbocycles. The third-order valence-corrected chi connectivity index (χ3v) is 5.80. The fourth-order valence-electron chi connectivity index (χ4n) is 4.06. The van der Waals surface area contributed by atoms with Crippen LogP contribution in [0.1, 0.15) is 31.7 Å². The Labute approximate surface area is 176 Å². The van der Waals surface area contributed by atoms with E-state index in [1.54, 1.807) is 19.1 Å². The Balaban J connectivity index is 1.39. The normalized spacial score (nSPS) is 21.5. The number of hydrogen-bond donors (Lipinski definition) is 2.